The number of ether oxygens (including phenoxy) is 1. The monoisotopic (exact) mass is 541 g/mol. The second-order valence-electron chi connectivity index (χ2n) is 6.77. The normalized spacial score (nSPS) is 10.6. The second-order valence-corrected chi connectivity index (χ2v) is 8.90. The van der Waals surface area contributed by atoms with E-state index in [4.69, 9.17) is 45.3 Å². The molecule has 0 unspecified atom stereocenters. The number of aromatic nitrogens is 1. The molecule has 34 heavy (non-hydrogen) atoms. The first kappa shape index (κ1) is 25.7. The van der Waals surface area contributed by atoms with Crippen molar-refractivity contribution < 1.29 is 19.1 Å². The Morgan fingerprint density at radius 1 is 1.09 bits per heavy atom. The number of nitrogens with two attached hydrogens (primary N) is 1. The number of carbonyl (C=O) groups is 3. The number of hydrogen-bond acceptors (Lipinski definition) is 7. The lowest BCUT2D eigenvalue weighted by molar-refractivity contribution is -0.117. The van der Waals surface area contributed by atoms with Gasteiger partial charge in [0.15, 0.2) is 0 Å². The summed E-state index contributed by atoms with van der Waals surface area (Å²) in [5.74, 6) is -1.24. The molecule has 0 aliphatic carbocycles. The number of pyridine rings is 1. The third-order valence-electron chi connectivity index (χ3n) is 4.36. The zero-order valence-electron chi connectivity index (χ0n) is 17.6. The average molecular weight is 543 g/mol. The molecule has 0 aliphatic rings. The zero-order chi connectivity index (χ0) is 24.8. The number of benzene rings is 1. The molecule has 0 aliphatic heterocycles. The van der Waals surface area contributed by atoms with Gasteiger partial charge in [-0.1, -0.05) is 34.8 Å². The second kappa shape index (κ2) is 11.5. The molecule has 0 radical (unpaired) electrons. The van der Waals surface area contributed by atoms with Crippen molar-refractivity contribution in [3.63, 3.8) is 0 Å². The lowest BCUT2D eigenvalue weighted by Crippen LogP contribution is -2.28. The van der Waals surface area contributed by atoms with Crippen molar-refractivity contribution in [2.24, 2.45) is 5.73 Å². The summed E-state index contributed by atoms with van der Waals surface area (Å²) in [6, 6.07) is 5.95. The lowest BCUT2D eigenvalue weighted by Gasteiger charge is -2.15. The van der Waals surface area contributed by atoms with E-state index in [1.54, 1.807) is 11.4 Å². The van der Waals surface area contributed by atoms with Crippen molar-refractivity contribution in [3.8, 4) is 5.75 Å². The molecule has 2 aromatic heterocycles. The van der Waals surface area contributed by atoms with Crippen molar-refractivity contribution in [2.45, 2.75) is 6.54 Å². The van der Waals surface area contributed by atoms with Crippen molar-refractivity contribution in [2.75, 3.05) is 24.3 Å². The van der Waals surface area contributed by atoms with Gasteiger partial charge in [-0.3, -0.25) is 14.4 Å². The molecule has 0 fully saturated rings. The van der Waals surface area contributed by atoms with E-state index >= 15 is 0 Å². The maximum Gasteiger partial charge on any atom is 0.267 e. The fourth-order valence-electron chi connectivity index (χ4n) is 2.83. The third kappa shape index (κ3) is 6.37. The number of primary amides is 1. The summed E-state index contributed by atoms with van der Waals surface area (Å²) >= 11 is 19.5. The van der Waals surface area contributed by atoms with Crippen LogP contribution in [0.1, 0.15) is 25.6 Å². The topological polar surface area (TPSA) is 135 Å². The van der Waals surface area contributed by atoms with Gasteiger partial charge < -0.3 is 26.4 Å². The van der Waals surface area contributed by atoms with E-state index in [1.807, 2.05) is 0 Å². The molecule has 3 rings (SSSR count). The first-order chi connectivity index (χ1) is 16.2. The van der Waals surface area contributed by atoms with Gasteiger partial charge in [0, 0.05) is 23.8 Å². The minimum absolute atomic E-state index is 0.0311. The number of thiophene rings is 1. The minimum atomic E-state index is -0.584. The molecule has 3 amide bonds. The van der Waals surface area contributed by atoms with Crippen LogP contribution in [-0.4, -0.2) is 36.4 Å². The molecule has 0 atom stereocenters. The zero-order valence-corrected chi connectivity index (χ0v) is 20.7. The van der Waals surface area contributed by atoms with Gasteiger partial charge in [-0.05, 0) is 29.1 Å². The summed E-state index contributed by atoms with van der Waals surface area (Å²) in [6.45, 7) is 0.216. The molecule has 3 aromatic rings. The Morgan fingerprint density at radius 2 is 1.85 bits per heavy atom. The van der Waals surface area contributed by atoms with E-state index in [0.29, 0.717) is 10.6 Å². The smallest absolute Gasteiger partial charge is 0.267 e. The Hall–Kier alpha value is -2.89. The number of halogens is 3. The summed E-state index contributed by atoms with van der Waals surface area (Å²) in [5, 5.41) is 10.7. The van der Waals surface area contributed by atoms with Crippen LogP contribution in [0.2, 0.25) is 15.1 Å². The molecule has 178 valence electrons. The molecule has 0 saturated heterocycles. The number of rotatable bonds is 9. The number of nitrogens with zero attached hydrogens (tertiary/aromatic N) is 1. The minimum Gasteiger partial charge on any atom is -0.494 e. The highest BCUT2D eigenvalue weighted by Crippen LogP contribution is 2.35. The summed E-state index contributed by atoms with van der Waals surface area (Å²) in [5.41, 5.74) is 5.87. The van der Waals surface area contributed by atoms with E-state index < -0.39 is 17.7 Å². The predicted molar refractivity (Wildman–Crippen MR) is 133 cm³/mol. The Bertz CT molecular complexity index is 1230. The predicted octanol–water partition coefficient (Wildman–Crippen LogP) is 4.19. The van der Waals surface area contributed by atoms with Crippen LogP contribution < -0.4 is 26.4 Å². The molecular formula is C21H18Cl3N5O4S. The van der Waals surface area contributed by atoms with Gasteiger partial charge in [0.05, 0.1) is 35.0 Å². The van der Waals surface area contributed by atoms with Gasteiger partial charge in [0.25, 0.3) is 11.8 Å². The van der Waals surface area contributed by atoms with Gasteiger partial charge in [-0.2, -0.15) is 0 Å². The highest BCUT2D eigenvalue weighted by atomic mass is 35.5. The Morgan fingerprint density at radius 3 is 2.50 bits per heavy atom. The molecule has 5 N–H and O–H groups in total. The largest absolute Gasteiger partial charge is 0.494 e. The van der Waals surface area contributed by atoms with Crippen molar-refractivity contribution in [1.29, 1.82) is 0 Å². The van der Waals surface area contributed by atoms with Gasteiger partial charge in [0.2, 0.25) is 5.91 Å². The van der Waals surface area contributed by atoms with E-state index in [2.05, 4.69) is 20.9 Å². The summed E-state index contributed by atoms with van der Waals surface area (Å²) in [7, 11) is 1.38. The molecule has 9 nitrogen and oxygen atoms in total. The van der Waals surface area contributed by atoms with Crippen LogP contribution >= 0.6 is 46.1 Å². The number of hydrogen-bond donors (Lipinski definition) is 4. The third-order valence-corrected chi connectivity index (χ3v) is 6.37. The first-order valence-corrected chi connectivity index (χ1v) is 11.6. The highest BCUT2D eigenvalue weighted by Gasteiger charge is 2.23. The van der Waals surface area contributed by atoms with E-state index in [0.717, 1.165) is 11.3 Å². The van der Waals surface area contributed by atoms with Crippen molar-refractivity contribution in [1.82, 2.24) is 10.3 Å². The van der Waals surface area contributed by atoms with Crippen molar-refractivity contribution >= 4 is 75.4 Å². The fraction of sp³-hybridized carbons (Fsp3) is 0.143. The quantitative estimate of drug-likeness (QED) is 0.320. The van der Waals surface area contributed by atoms with Crippen LogP contribution in [0.5, 0.6) is 5.75 Å². The summed E-state index contributed by atoms with van der Waals surface area (Å²) in [4.78, 5) is 41.1. The number of nitrogens with one attached hydrogen (secondary N) is 3. The van der Waals surface area contributed by atoms with Gasteiger partial charge in [0.1, 0.15) is 16.4 Å². The Labute approximate surface area is 213 Å². The summed E-state index contributed by atoms with van der Waals surface area (Å²) < 4.78 is 5.34. The number of amides is 3. The molecule has 1 aromatic carbocycles. The van der Waals surface area contributed by atoms with Crippen molar-refractivity contribution in [3.05, 3.63) is 66.9 Å². The maximum absolute atomic E-state index is 13.0. The van der Waals surface area contributed by atoms with E-state index in [-0.39, 0.29) is 50.8 Å². The van der Waals surface area contributed by atoms with Crippen LogP contribution in [0.4, 0.5) is 11.5 Å². The van der Waals surface area contributed by atoms with Crippen LogP contribution in [0.3, 0.4) is 0 Å². The number of methoxy groups -OCH3 is 1. The average Bonchev–Trinajstić information content (AvgIpc) is 3.16. The Balaban J connectivity index is 1.87. The number of anilines is 2. The maximum atomic E-state index is 13.0. The fourth-order valence-corrected chi connectivity index (χ4v) is 4.41. The van der Waals surface area contributed by atoms with Crippen LogP contribution in [0, 0.1) is 0 Å². The van der Waals surface area contributed by atoms with E-state index in [1.165, 1.54) is 31.5 Å². The first-order valence-electron chi connectivity index (χ1n) is 9.56. The molecule has 0 saturated carbocycles. The lowest BCUT2D eigenvalue weighted by atomic mass is 10.1. The molecule has 2 heterocycles. The highest BCUT2D eigenvalue weighted by molar-refractivity contribution is 7.13. The van der Waals surface area contributed by atoms with Gasteiger partial charge in [-0.15, -0.1) is 11.3 Å². The number of carbonyl (C=O) groups excluding carboxylic acids is 3. The van der Waals surface area contributed by atoms with Gasteiger partial charge in [-0.25, -0.2) is 4.98 Å². The Kier molecular flexibility index (Phi) is 8.70. The summed E-state index contributed by atoms with van der Waals surface area (Å²) in [6.07, 6.45) is 1.38. The van der Waals surface area contributed by atoms with Crippen LogP contribution in [-0.2, 0) is 11.3 Å². The molecule has 13 heteroatoms. The standard InChI is InChI=1S/C21H18Cl3N5O4S/c1-33-14-5-12(23)4-13(20(31)28-16-3-2-11(22)7-27-16)18(14)29-21(32)19-17(24)10(9-34-19)6-26-8-15(25)30/h2-5,7,9,26H,6,8H2,1H3,(H2,25,30)(H,29,32)(H,27,28,31). The van der Waals surface area contributed by atoms with Crippen LogP contribution in [0.25, 0.3) is 0 Å². The van der Waals surface area contributed by atoms with Crippen LogP contribution in [0.15, 0.2) is 35.8 Å². The van der Waals surface area contributed by atoms with E-state index in [9.17, 15) is 14.4 Å². The van der Waals surface area contributed by atoms with Gasteiger partial charge >= 0.3 is 0 Å². The molecule has 0 bridgehead atoms. The molecular weight excluding hydrogens is 525 g/mol. The molecule has 0 spiro atoms. The SMILES string of the molecule is COc1cc(Cl)cc(C(=O)Nc2ccc(Cl)cn2)c1NC(=O)c1scc(CNCC(N)=O)c1Cl.